The van der Waals surface area contributed by atoms with Crippen molar-refractivity contribution in [1.29, 1.82) is 0 Å². The van der Waals surface area contributed by atoms with Crippen LogP contribution in [0.15, 0.2) is 12.1 Å². The zero-order valence-electron chi connectivity index (χ0n) is 15.1. The standard InChI is InChI=1S/C19H27N3O3/c1-13-7-8-17(22(24)25)19(14(13)2)20-18(23)12-21-10-9-15-5-3-4-6-16(15)11-21/h7-8,15-16H,3-6,9-12H2,1-2H3,(H,20,23)/p+1/t15-,16-/m1/s1. The smallest absolute Gasteiger partial charge is 0.293 e. The molecule has 0 aromatic heterocycles. The van der Waals surface area contributed by atoms with Crippen molar-refractivity contribution < 1.29 is 14.6 Å². The van der Waals surface area contributed by atoms with E-state index in [2.05, 4.69) is 5.32 Å². The Labute approximate surface area is 148 Å². The van der Waals surface area contributed by atoms with E-state index in [1.165, 1.54) is 43.1 Å². The summed E-state index contributed by atoms with van der Waals surface area (Å²) in [5, 5.41) is 14.1. The summed E-state index contributed by atoms with van der Waals surface area (Å²) in [6, 6.07) is 3.19. The topological polar surface area (TPSA) is 76.7 Å². The Morgan fingerprint density at radius 1 is 1.24 bits per heavy atom. The maximum absolute atomic E-state index is 12.5. The lowest BCUT2D eigenvalue weighted by molar-refractivity contribution is -0.902. The third kappa shape index (κ3) is 4.00. The molecule has 3 atom stereocenters. The maximum atomic E-state index is 12.5. The van der Waals surface area contributed by atoms with E-state index in [9.17, 15) is 14.9 Å². The minimum atomic E-state index is -0.428. The molecule has 1 aromatic carbocycles. The van der Waals surface area contributed by atoms with Gasteiger partial charge in [0.1, 0.15) is 5.69 Å². The Balaban J connectivity index is 1.65. The molecular formula is C19H28N3O3+. The Morgan fingerprint density at radius 2 is 1.96 bits per heavy atom. The van der Waals surface area contributed by atoms with E-state index < -0.39 is 4.92 Å². The maximum Gasteiger partial charge on any atom is 0.293 e. The van der Waals surface area contributed by atoms with Gasteiger partial charge in [0.15, 0.2) is 6.54 Å². The lowest BCUT2D eigenvalue weighted by Crippen LogP contribution is -3.15. The largest absolute Gasteiger partial charge is 0.327 e. The van der Waals surface area contributed by atoms with E-state index in [1.807, 2.05) is 13.8 Å². The molecule has 1 unspecified atom stereocenters. The summed E-state index contributed by atoms with van der Waals surface area (Å²) in [5.41, 5.74) is 2.03. The van der Waals surface area contributed by atoms with Gasteiger partial charge in [-0.25, -0.2) is 0 Å². The van der Waals surface area contributed by atoms with Gasteiger partial charge in [0, 0.05) is 12.0 Å². The summed E-state index contributed by atoms with van der Waals surface area (Å²) in [5.74, 6) is 1.47. The first-order chi connectivity index (χ1) is 12.0. The van der Waals surface area contributed by atoms with Crippen LogP contribution in [0.3, 0.4) is 0 Å². The molecule has 1 heterocycles. The molecule has 1 saturated heterocycles. The summed E-state index contributed by atoms with van der Waals surface area (Å²) in [4.78, 5) is 24.7. The van der Waals surface area contributed by atoms with Gasteiger partial charge in [0.25, 0.3) is 11.6 Å². The molecule has 1 saturated carbocycles. The number of carbonyl (C=O) groups excluding carboxylic acids is 1. The van der Waals surface area contributed by atoms with Crippen molar-refractivity contribution in [2.75, 3.05) is 25.0 Å². The summed E-state index contributed by atoms with van der Waals surface area (Å²) in [7, 11) is 0. The highest BCUT2D eigenvalue weighted by molar-refractivity contribution is 5.95. The molecular weight excluding hydrogens is 318 g/mol. The van der Waals surface area contributed by atoms with E-state index in [1.54, 1.807) is 6.07 Å². The predicted octanol–water partition coefficient (Wildman–Crippen LogP) is 2.25. The first kappa shape index (κ1) is 17.9. The molecule has 0 bridgehead atoms. The number of carbonyl (C=O) groups is 1. The van der Waals surface area contributed by atoms with E-state index in [0.29, 0.717) is 12.2 Å². The summed E-state index contributed by atoms with van der Waals surface area (Å²) in [6.45, 7) is 6.20. The average Bonchev–Trinajstić information content (AvgIpc) is 2.58. The number of quaternary nitrogens is 1. The number of nitro groups is 1. The second-order valence-corrected chi connectivity index (χ2v) is 7.68. The number of rotatable bonds is 4. The number of anilines is 1. The number of fused-ring (bicyclic) bond motifs is 1. The number of benzene rings is 1. The van der Waals surface area contributed by atoms with E-state index in [0.717, 1.165) is 36.1 Å². The molecule has 1 amide bonds. The molecule has 3 rings (SSSR count). The lowest BCUT2D eigenvalue weighted by Gasteiger charge is -2.38. The molecule has 6 nitrogen and oxygen atoms in total. The number of amides is 1. The molecule has 6 heteroatoms. The molecule has 136 valence electrons. The van der Waals surface area contributed by atoms with Crippen LogP contribution in [0.25, 0.3) is 0 Å². The van der Waals surface area contributed by atoms with Gasteiger partial charge >= 0.3 is 0 Å². The average molecular weight is 346 g/mol. The van der Waals surface area contributed by atoms with Crippen LogP contribution >= 0.6 is 0 Å². The Morgan fingerprint density at radius 3 is 2.68 bits per heavy atom. The van der Waals surface area contributed by atoms with Crippen molar-refractivity contribution >= 4 is 17.3 Å². The number of hydrogen-bond acceptors (Lipinski definition) is 3. The quantitative estimate of drug-likeness (QED) is 0.648. The van der Waals surface area contributed by atoms with E-state index in [-0.39, 0.29) is 11.6 Å². The predicted molar refractivity (Wildman–Crippen MR) is 96.8 cm³/mol. The van der Waals surface area contributed by atoms with Crippen LogP contribution in [-0.2, 0) is 4.79 Å². The summed E-state index contributed by atoms with van der Waals surface area (Å²) in [6.07, 6.45) is 6.51. The zero-order valence-corrected chi connectivity index (χ0v) is 15.1. The van der Waals surface area contributed by atoms with Crippen molar-refractivity contribution in [3.63, 3.8) is 0 Å². The Kier molecular flexibility index (Phi) is 5.37. The minimum Gasteiger partial charge on any atom is -0.327 e. The van der Waals surface area contributed by atoms with Crippen molar-refractivity contribution in [3.05, 3.63) is 33.4 Å². The minimum absolute atomic E-state index is 0.0301. The van der Waals surface area contributed by atoms with E-state index in [4.69, 9.17) is 0 Å². The molecule has 2 N–H and O–H groups in total. The molecule has 0 radical (unpaired) electrons. The van der Waals surface area contributed by atoms with Crippen LogP contribution in [0.1, 0.15) is 43.2 Å². The number of likely N-dealkylation sites (tertiary alicyclic amines) is 1. The van der Waals surface area contributed by atoms with Crippen molar-refractivity contribution in [2.24, 2.45) is 11.8 Å². The van der Waals surface area contributed by atoms with Crippen molar-refractivity contribution in [2.45, 2.75) is 46.0 Å². The summed E-state index contributed by atoms with van der Waals surface area (Å²) < 4.78 is 0. The van der Waals surface area contributed by atoms with E-state index >= 15 is 0 Å². The normalized spacial score (nSPS) is 25.9. The first-order valence-corrected chi connectivity index (χ1v) is 9.33. The highest BCUT2D eigenvalue weighted by atomic mass is 16.6. The highest BCUT2D eigenvalue weighted by Gasteiger charge is 2.34. The second kappa shape index (κ2) is 7.52. The molecule has 1 aliphatic heterocycles. The SMILES string of the molecule is Cc1ccc([N+](=O)[O-])c(NC(=O)C[NH+]2CC[C@H]3CCCC[C@@H]3C2)c1C. The second-order valence-electron chi connectivity index (χ2n) is 7.68. The Hall–Kier alpha value is -1.95. The van der Waals surface area contributed by atoms with Crippen molar-refractivity contribution in [3.8, 4) is 0 Å². The fourth-order valence-electron chi connectivity index (χ4n) is 4.48. The number of piperidine rings is 1. The number of nitro benzene ring substituents is 1. The van der Waals surface area contributed by atoms with Gasteiger partial charge in [0.2, 0.25) is 0 Å². The van der Waals surface area contributed by atoms with Gasteiger partial charge in [-0.1, -0.05) is 18.9 Å². The highest BCUT2D eigenvalue weighted by Crippen LogP contribution is 2.32. The number of hydrogen-bond donors (Lipinski definition) is 2. The van der Waals surface area contributed by atoms with Gasteiger partial charge in [-0.15, -0.1) is 0 Å². The monoisotopic (exact) mass is 346 g/mol. The molecule has 2 fully saturated rings. The van der Waals surface area contributed by atoms with Gasteiger partial charge in [-0.05, 0) is 50.2 Å². The molecule has 25 heavy (non-hydrogen) atoms. The van der Waals surface area contributed by atoms with Crippen LogP contribution in [0, 0.1) is 35.8 Å². The first-order valence-electron chi connectivity index (χ1n) is 9.33. The molecule has 2 aliphatic rings. The van der Waals surface area contributed by atoms with Gasteiger partial charge in [-0.3, -0.25) is 14.9 Å². The van der Waals surface area contributed by atoms with Gasteiger partial charge in [0.05, 0.1) is 18.0 Å². The third-order valence-corrected chi connectivity index (χ3v) is 6.07. The Bertz CT molecular complexity index is 674. The fraction of sp³-hybridized carbons (Fsp3) is 0.632. The van der Waals surface area contributed by atoms with Gasteiger partial charge < -0.3 is 10.2 Å². The summed E-state index contributed by atoms with van der Waals surface area (Å²) >= 11 is 0. The van der Waals surface area contributed by atoms with Crippen LogP contribution in [-0.4, -0.2) is 30.5 Å². The lowest BCUT2D eigenvalue weighted by atomic mass is 9.75. The molecule has 0 spiro atoms. The number of aryl methyl sites for hydroxylation is 1. The number of nitrogens with zero attached hydrogens (tertiary/aromatic N) is 1. The molecule has 1 aromatic rings. The third-order valence-electron chi connectivity index (χ3n) is 6.07. The van der Waals surface area contributed by atoms with Crippen LogP contribution in [0.2, 0.25) is 0 Å². The fourth-order valence-corrected chi connectivity index (χ4v) is 4.48. The van der Waals surface area contributed by atoms with Gasteiger partial charge in [-0.2, -0.15) is 0 Å². The van der Waals surface area contributed by atoms with Crippen LogP contribution < -0.4 is 10.2 Å². The van der Waals surface area contributed by atoms with Crippen molar-refractivity contribution in [1.82, 2.24) is 0 Å². The molecule has 1 aliphatic carbocycles. The zero-order chi connectivity index (χ0) is 18.0. The van der Waals surface area contributed by atoms with Crippen LogP contribution in [0.4, 0.5) is 11.4 Å². The number of nitrogens with one attached hydrogen (secondary N) is 2. The van der Waals surface area contributed by atoms with Crippen LogP contribution in [0.5, 0.6) is 0 Å².